The number of hydrogen-bond acceptors (Lipinski definition) is 1. The maximum atomic E-state index is 5.89. The summed E-state index contributed by atoms with van der Waals surface area (Å²) in [6.07, 6.45) is 3.75. The van der Waals surface area contributed by atoms with Gasteiger partial charge in [-0.1, -0.05) is 50.4 Å². The summed E-state index contributed by atoms with van der Waals surface area (Å²) in [7, 11) is 2.03. The lowest BCUT2D eigenvalue weighted by Gasteiger charge is -2.20. The molecule has 0 amide bonds. The summed E-state index contributed by atoms with van der Waals surface area (Å²) in [6.45, 7) is 4.57. The fourth-order valence-corrected chi connectivity index (χ4v) is 2.25. The zero-order valence-electron chi connectivity index (χ0n) is 10.5. The van der Waals surface area contributed by atoms with Crippen molar-refractivity contribution in [2.75, 3.05) is 7.05 Å². The van der Waals surface area contributed by atoms with Crippen LogP contribution in [0, 0.1) is 5.92 Å². The summed E-state index contributed by atoms with van der Waals surface area (Å²) in [5.41, 5.74) is 1.33. The zero-order chi connectivity index (χ0) is 12.0. The van der Waals surface area contributed by atoms with Crippen molar-refractivity contribution in [3.05, 3.63) is 34.9 Å². The lowest BCUT2D eigenvalue weighted by atomic mass is 9.93. The van der Waals surface area contributed by atoms with Crippen molar-refractivity contribution in [1.82, 2.24) is 5.32 Å². The van der Waals surface area contributed by atoms with Crippen LogP contribution in [-0.2, 0) is 0 Å². The molecule has 0 spiro atoms. The molecule has 1 N–H and O–H groups in total. The number of benzene rings is 1. The van der Waals surface area contributed by atoms with E-state index in [9.17, 15) is 0 Å². The third-order valence-corrected chi connectivity index (χ3v) is 3.29. The third-order valence-electron chi connectivity index (χ3n) is 3.04. The smallest absolute Gasteiger partial charge is 0.0406 e. The quantitative estimate of drug-likeness (QED) is 0.775. The predicted octanol–water partition coefficient (Wildman–Crippen LogP) is 4.43. The van der Waals surface area contributed by atoms with Crippen molar-refractivity contribution in [2.24, 2.45) is 5.92 Å². The summed E-state index contributed by atoms with van der Waals surface area (Å²) in [5, 5.41) is 4.19. The zero-order valence-corrected chi connectivity index (χ0v) is 11.2. The first kappa shape index (κ1) is 13.5. The molecule has 90 valence electrons. The van der Waals surface area contributed by atoms with Crippen LogP contribution < -0.4 is 5.32 Å². The molecule has 0 radical (unpaired) electrons. The lowest BCUT2D eigenvalue weighted by Crippen LogP contribution is -2.19. The van der Waals surface area contributed by atoms with Gasteiger partial charge in [-0.2, -0.15) is 0 Å². The van der Waals surface area contributed by atoms with Crippen LogP contribution in [0.25, 0.3) is 0 Å². The number of rotatable bonds is 6. The molecule has 0 heterocycles. The van der Waals surface area contributed by atoms with Gasteiger partial charge in [0.25, 0.3) is 0 Å². The Morgan fingerprint density at radius 1 is 1.25 bits per heavy atom. The molecule has 0 aliphatic rings. The first-order chi connectivity index (χ1) is 7.67. The highest BCUT2D eigenvalue weighted by atomic mass is 35.5. The second-order valence-corrected chi connectivity index (χ2v) is 4.96. The van der Waals surface area contributed by atoms with Gasteiger partial charge in [0.05, 0.1) is 0 Å². The van der Waals surface area contributed by atoms with E-state index in [4.69, 9.17) is 11.6 Å². The van der Waals surface area contributed by atoms with Crippen LogP contribution in [0.2, 0.25) is 5.02 Å². The van der Waals surface area contributed by atoms with Gasteiger partial charge in [0.15, 0.2) is 0 Å². The van der Waals surface area contributed by atoms with Crippen molar-refractivity contribution in [3.8, 4) is 0 Å². The maximum Gasteiger partial charge on any atom is 0.0406 e. The Balaban J connectivity index is 2.63. The Morgan fingerprint density at radius 3 is 2.38 bits per heavy atom. The van der Waals surface area contributed by atoms with Crippen molar-refractivity contribution in [2.45, 2.75) is 39.2 Å². The predicted molar refractivity (Wildman–Crippen MR) is 71.9 cm³/mol. The minimum Gasteiger partial charge on any atom is -0.313 e. The first-order valence-corrected chi connectivity index (χ1v) is 6.47. The topological polar surface area (TPSA) is 12.0 Å². The van der Waals surface area contributed by atoms with Gasteiger partial charge in [0.1, 0.15) is 0 Å². The van der Waals surface area contributed by atoms with Crippen molar-refractivity contribution < 1.29 is 0 Å². The molecule has 2 heteroatoms. The highest BCUT2D eigenvalue weighted by molar-refractivity contribution is 6.30. The van der Waals surface area contributed by atoms with Crippen molar-refractivity contribution in [1.29, 1.82) is 0 Å². The monoisotopic (exact) mass is 239 g/mol. The van der Waals surface area contributed by atoms with Crippen LogP contribution in [0.5, 0.6) is 0 Å². The Hall–Kier alpha value is -0.530. The maximum absolute atomic E-state index is 5.89. The Kier molecular flexibility index (Phi) is 5.86. The Bertz CT molecular complexity index is 294. The van der Waals surface area contributed by atoms with Gasteiger partial charge >= 0.3 is 0 Å². The van der Waals surface area contributed by atoms with Crippen LogP contribution in [-0.4, -0.2) is 7.05 Å². The van der Waals surface area contributed by atoms with E-state index in [1.165, 1.54) is 24.8 Å². The molecule has 0 aromatic heterocycles. The van der Waals surface area contributed by atoms with E-state index < -0.39 is 0 Å². The fourth-order valence-electron chi connectivity index (χ4n) is 2.13. The number of hydrogen-bond donors (Lipinski definition) is 1. The molecule has 1 nitrogen and oxygen atoms in total. The second-order valence-electron chi connectivity index (χ2n) is 4.52. The summed E-state index contributed by atoms with van der Waals surface area (Å²) < 4.78 is 0. The third kappa shape index (κ3) is 4.15. The molecule has 1 aromatic carbocycles. The SMILES string of the molecule is CCCC(C)CC(NC)c1ccc(Cl)cc1. The molecule has 0 fully saturated rings. The van der Waals surface area contributed by atoms with E-state index in [1.807, 2.05) is 19.2 Å². The molecule has 0 saturated carbocycles. The summed E-state index contributed by atoms with van der Waals surface area (Å²) >= 11 is 5.89. The minimum absolute atomic E-state index is 0.443. The summed E-state index contributed by atoms with van der Waals surface area (Å²) in [5.74, 6) is 0.762. The van der Waals surface area contributed by atoms with E-state index in [0.29, 0.717) is 6.04 Å². The van der Waals surface area contributed by atoms with Crippen LogP contribution in [0.15, 0.2) is 24.3 Å². The molecule has 2 atom stereocenters. The van der Waals surface area contributed by atoms with Gasteiger partial charge in [0.2, 0.25) is 0 Å². The molecule has 0 aliphatic heterocycles. The minimum atomic E-state index is 0.443. The van der Waals surface area contributed by atoms with E-state index >= 15 is 0 Å². The highest BCUT2D eigenvalue weighted by Crippen LogP contribution is 2.24. The van der Waals surface area contributed by atoms with E-state index in [2.05, 4.69) is 31.3 Å². The average molecular weight is 240 g/mol. The van der Waals surface area contributed by atoms with E-state index in [-0.39, 0.29) is 0 Å². The Morgan fingerprint density at radius 2 is 1.88 bits per heavy atom. The molecule has 0 bridgehead atoms. The molecular weight excluding hydrogens is 218 g/mol. The van der Waals surface area contributed by atoms with Gasteiger partial charge in [-0.25, -0.2) is 0 Å². The van der Waals surface area contributed by atoms with Crippen LogP contribution >= 0.6 is 11.6 Å². The van der Waals surface area contributed by atoms with Gasteiger partial charge in [-0.15, -0.1) is 0 Å². The second kappa shape index (κ2) is 6.93. The molecule has 1 aromatic rings. The number of nitrogens with one attached hydrogen (secondary N) is 1. The van der Waals surface area contributed by atoms with Gasteiger partial charge in [-0.05, 0) is 37.1 Å². The van der Waals surface area contributed by atoms with Gasteiger partial charge in [-0.3, -0.25) is 0 Å². The van der Waals surface area contributed by atoms with Crippen LogP contribution in [0.4, 0.5) is 0 Å². The first-order valence-electron chi connectivity index (χ1n) is 6.10. The average Bonchev–Trinajstić information content (AvgIpc) is 2.27. The molecule has 0 saturated heterocycles. The van der Waals surface area contributed by atoms with Crippen LogP contribution in [0.3, 0.4) is 0 Å². The van der Waals surface area contributed by atoms with Crippen molar-refractivity contribution >= 4 is 11.6 Å². The van der Waals surface area contributed by atoms with E-state index in [1.54, 1.807) is 0 Å². The largest absolute Gasteiger partial charge is 0.313 e. The molecular formula is C14H22ClN. The van der Waals surface area contributed by atoms with Gasteiger partial charge < -0.3 is 5.32 Å². The number of halogens is 1. The van der Waals surface area contributed by atoms with Crippen LogP contribution in [0.1, 0.15) is 44.7 Å². The van der Waals surface area contributed by atoms with Gasteiger partial charge in [0, 0.05) is 11.1 Å². The summed E-state index contributed by atoms with van der Waals surface area (Å²) in [6, 6.07) is 8.60. The fraction of sp³-hybridized carbons (Fsp3) is 0.571. The normalized spacial score (nSPS) is 14.8. The summed E-state index contributed by atoms with van der Waals surface area (Å²) in [4.78, 5) is 0. The highest BCUT2D eigenvalue weighted by Gasteiger charge is 2.12. The molecule has 16 heavy (non-hydrogen) atoms. The molecule has 2 unspecified atom stereocenters. The van der Waals surface area contributed by atoms with Crippen molar-refractivity contribution in [3.63, 3.8) is 0 Å². The standard InChI is InChI=1S/C14H22ClN/c1-4-5-11(2)10-14(16-3)12-6-8-13(15)9-7-12/h6-9,11,14,16H,4-5,10H2,1-3H3. The Labute approximate surface area is 104 Å². The molecule has 1 rings (SSSR count). The van der Waals surface area contributed by atoms with E-state index in [0.717, 1.165) is 10.9 Å². The lowest BCUT2D eigenvalue weighted by molar-refractivity contribution is 0.407. The molecule has 0 aliphatic carbocycles.